The van der Waals surface area contributed by atoms with Crippen molar-refractivity contribution in [2.45, 2.75) is 46.3 Å². The van der Waals surface area contributed by atoms with Crippen LogP contribution in [-0.2, 0) is 6.42 Å². The summed E-state index contributed by atoms with van der Waals surface area (Å²) in [4.78, 5) is 11.7. The Hall–Kier alpha value is -1.62. The number of aliphatic hydroxyl groups is 1. The van der Waals surface area contributed by atoms with Crippen LogP contribution in [-0.4, -0.2) is 29.8 Å². The zero-order chi connectivity index (χ0) is 16.0. The fourth-order valence-corrected chi connectivity index (χ4v) is 1.82. The Morgan fingerprint density at radius 2 is 1.95 bits per heavy atom. The van der Waals surface area contributed by atoms with Gasteiger partial charge in [-0.05, 0) is 30.4 Å². The lowest BCUT2D eigenvalue weighted by Gasteiger charge is -2.26. The van der Waals surface area contributed by atoms with Gasteiger partial charge in [-0.3, -0.25) is 0 Å². The lowest BCUT2D eigenvalue weighted by Crippen LogP contribution is -2.46. The SMILES string of the molecule is CC(Cc1ccccc1F)NC(=O)NCC(O)C(C)(C)C. The molecule has 5 heteroatoms. The highest BCUT2D eigenvalue weighted by Crippen LogP contribution is 2.18. The number of nitrogens with one attached hydrogen (secondary N) is 2. The van der Waals surface area contributed by atoms with Gasteiger partial charge in [0.15, 0.2) is 0 Å². The van der Waals surface area contributed by atoms with Crippen LogP contribution in [0.1, 0.15) is 33.3 Å². The topological polar surface area (TPSA) is 61.4 Å². The van der Waals surface area contributed by atoms with E-state index in [2.05, 4.69) is 10.6 Å². The lowest BCUT2D eigenvalue weighted by atomic mass is 9.89. The van der Waals surface area contributed by atoms with Crippen LogP contribution in [0.25, 0.3) is 0 Å². The Morgan fingerprint density at radius 3 is 2.52 bits per heavy atom. The molecule has 4 nitrogen and oxygen atoms in total. The van der Waals surface area contributed by atoms with Crippen LogP contribution in [0, 0.1) is 11.2 Å². The smallest absolute Gasteiger partial charge is 0.315 e. The van der Waals surface area contributed by atoms with Crippen molar-refractivity contribution in [3.63, 3.8) is 0 Å². The standard InChI is InChI=1S/C16H25FN2O2/c1-11(9-12-7-5-6-8-13(12)17)19-15(21)18-10-14(20)16(2,3)4/h5-8,11,14,20H,9-10H2,1-4H3,(H2,18,19,21). The number of hydrogen-bond acceptors (Lipinski definition) is 2. The molecule has 0 saturated carbocycles. The van der Waals surface area contributed by atoms with Gasteiger partial charge in [0.05, 0.1) is 6.10 Å². The summed E-state index contributed by atoms with van der Waals surface area (Å²) >= 11 is 0. The Bertz CT molecular complexity index is 472. The maximum absolute atomic E-state index is 13.5. The van der Waals surface area contributed by atoms with E-state index in [-0.39, 0.29) is 29.8 Å². The second-order valence-corrected chi connectivity index (χ2v) is 6.43. The first-order valence-electron chi connectivity index (χ1n) is 7.16. The first-order chi connectivity index (χ1) is 9.70. The molecule has 0 heterocycles. The summed E-state index contributed by atoms with van der Waals surface area (Å²) in [5.74, 6) is -0.269. The van der Waals surface area contributed by atoms with Crippen LogP contribution in [0.15, 0.2) is 24.3 Å². The van der Waals surface area contributed by atoms with Crippen molar-refractivity contribution in [1.82, 2.24) is 10.6 Å². The molecule has 3 N–H and O–H groups in total. The van der Waals surface area contributed by atoms with Crippen molar-refractivity contribution >= 4 is 6.03 Å². The molecule has 0 fully saturated rings. The average molecular weight is 296 g/mol. The van der Waals surface area contributed by atoms with E-state index >= 15 is 0 Å². The largest absolute Gasteiger partial charge is 0.391 e. The number of benzene rings is 1. The van der Waals surface area contributed by atoms with E-state index in [1.54, 1.807) is 18.2 Å². The molecule has 0 spiro atoms. The second kappa shape index (κ2) is 7.41. The van der Waals surface area contributed by atoms with E-state index in [1.165, 1.54) is 6.07 Å². The third kappa shape index (κ3) is 6.12. The zero-order valence-electron chi connectivity index (χ0n) is 13.1. The molecule has 0 aliphatic rings. The van der Waals surface area contributed by atoms with Crippen molar-refractivity contribution in [3.05, 3.63) is 35.6 Å². The van der Waals surface area contributed by atoms with E-state index in [1.807, 2.05) is 27.7 Å². The number of halogens is 1. The molecule has 1 aromatic carbocycles. The first kappa shape index (κ1) is 17.4. The molecule has 1 aromatic rings. The van der Waals surface area contributed by atoms with Gasteiger partial charge in [0.25, 0.3) is 0 Å². The van der Waals surface area contributed by atoms with Crippen molar-refractivity contribution in [1.29, 1.82) is 0 Å². The third-order valence-electron chi connectivity index (χ3n) is 3.32. The van der Waals surface area contributed by atoms with Crippen LogP contribution in [0.2, 0.25) is 0 Å². The summed E-state index contributed by atoms with van der Waals surface area (Å²) in [6, 6.07) is 5.95. The van der Waals surface area contributed by atoms with Gasteiger partial charge in [-0.2, -0.15) is 0 Å². The predicted molar refractivity (Wildman–Crippen MR) is 81.6 cm³/mol. The van der Waals surface area contributed by atoms with E-state index in [0.29, 0.717) is 12.0 Å². The molecule has 118 valence electrons. The Balaban J connectivity index is 2.39. The fraction of sp³-hybridized carbons (Fsp3) is 0.562. The maximum atomic E-state index is 13.5. The van der Waals surface area contributed by atoms with Gasteiger partial charge in [-0.25, -0.2) is 9.18 Å². The first-order valence-corrected chi connectivity index (χ1v) is 7.16. The van der Waals surface area contributed by atoms with Gasteiger partial charge >= 0.3 is 6.03 Å². The molecule has 0 aliphatic heterocycles. The van der Waals surface area contributed by atoms with Gasteiger partial charge in [0, 0.05) is 12.6 Å². The van der Waals surface area contributed by atoms with Gasteiger partial charge in [0.2, 0.25) is 0 Å². The Kier molecular flexibility index (Phi) is 6.15. The minimum absolute atomic E-state index is 0.182. The quantitative estimate of drug-likeness (QED) is 0.781. The summed E-state index contributed by atoms with van der Waals surface area (Å²) in [5.41, 5.74) is 0.284. The number of aliphatic hydroxyl groups excluding tert-OH is 1. The molecule has 0 saturated heterocycles. The average Bonchev–Trinajstić information content (AvgIpc) is 2.37. The lowest BCUT2D eigenvalue weighted by molar-refractivity contribution is 0.0649. The van der Waals surface area contributed by atoms with E-state index < -0.39 is 6.10 Å². The summed E-state index contributed by atoms with van der Waals surface area (Å²) in [7, 11) is 0. The molecule has 2 unspecified atom stereocenters. The summed E-state index contributed by atoms with van der Waals surface area (Å²) in [6.07, 6.45) is -0.202. The number of rotatable bonds is 5. The summed E-state index contributed by atoms with van der Waals surface area (Å²) in [6.45, 7) is 7.70. The Morgan fingerprint density at radius 1 is 1.33 bits per heavy atom. The second-order valence-electron chi connectivity index (χ2n) is 6.43. The number of urea groups is 1. The van der Waals surface area contributed by atoms with Gasteiger partial charge in [0.1, 0.15) is 5.82 Å². The van der Waals surface area contributed by atoms with E-state index in [4.69, 9.17) is 0 Å². The highest BCUT2D eigenvalue weighted by Gasteiger charge is 2.22. The molecule has 0 aliphatic carbocycles. The van der Waals surface area contributed by atoms with Crippen LogP contribution >= 0.6 is 0 Å². The van der Waals surface area contributed by atoms with Crippen molar-refractivity contribution in [2.75, 3.05) is 6.54 Å². The Labute approximate surface area is 125 Å². The van der Waals surface area contributed by atoms with E-state index in [9.17, 15) is 14.3 Å². The minimum atomic E-state index is -0.620. The highest BCUT2D eigenvalue weighted by molar-refractivity contribution is 5.74. The van der Waals surface area contributed by atoms with Crippen molar-refractivity contribution in [3.8, 4) is 0 Å². The van der Waals surface area contributed by atoms with Crippen molar-refractivity contribution < 1.29 is 14.3 Å². The minimum Gasteiger partial charge on any atom is -0.391 e. The van der Waals surface area contributed by atoms with E-state index in [0.717, 1.165) is 0 Å². The number of hydrogen-bond donors (Lipinski definition) is 3. The van der Waals surface area contributed by atoms with Crippen molar-refractivity contribution in [2.24, 2.45) is 5.41 Å². The molecular formula is C16H25FN2O2. The van der Waals surface area contributed by atoms with Gasteiger partial charge < -0.3 is 15.7 Å². The molecule has 2 amide bonds. The monoisotopic (exact) mass is 296 g/mol. The molecule has 0 bridgehead atoms. The van der Waals surface area contributed by atoms with Crippen LogP contribution in [0.5, 0.6) is 0 Å². The molecule has 21 heavy (non-hydrogen) atoms. The van der Waals surface area contributed by atoms with Crippen LogP contribution < -0.4 is 10.6 Å². The van der Waals surface area contributed by atoms with Gasteiger partial charge in [-0.15, -0.1) is 0 Å². The normalized spacial score (nSPS) is 14.4. The molecular weight excluding hydrogens is 271 g/mol. The molecule has 0 aromatic heterocycles. The fourth-order valence-electron chi connectivity index (χ4n) is 1.82. The zero-order valence-corrected chi connectivity index (χ0v) is 13.1. The number of carbonyl (C=O) groups is 1. The molecule has 1 rings (SSSR count). The molecule has 2 atom stereocenters. The summed E-state index contributed by atoms with van der Waals surface area (Å²) in [5, 5.41) is 15.2. The number of carbonyl (C=O) groups excluding carboxylic acids is 1. The third-order valence-corrected chi connectivity index (χ3v) is 3.32. The van der Waals surface area contributed by atoms with Crippen LogP contribution in [0.4, 0.5) is 9.18 Å². The predicted octanol–water partition coefficient (Wildman–Crippen LogP) is 2.46. The maximum Gasteiger partial charge on any atom is 0.315 e. The molecule has 0 radical (unpaired) electrons. The van der Waals surface area contributed by atoms with Gasteiger partial charge in [-0.1, -0.05) is 39.0 Å². The van der Waals surface area contributed by atoms with Crippen LogP contribution in [0.3, 0.4) is 0 Å². The number of amides is 2. The highest BCUT2D eigenvalue weighted by atomic mass is 19.1. The summed E-state index contributed by atoms with van der Waals surface area (Å²) < 4.78 is 13.5.